The number of rotatable bonds is 6. The Morgan fingerprint density at radius 2 is 1.88 bits per heavy atom. The van der Waals surface area contributed by atoms with Gasteiger partial charge in [-0.1, -0.05) is 37.6 Å². The predicted molar refractivity (Wildman–Crippen MR) is 74.7 cm³/mol. The van der Waals surface area contributed by atoms with E-state index in [1.807, 2.05) is 12.1 Å². The molecule has 1 unspecified atom stereocenters. The number of hydrogen-bond acceptors (Lipinski definition) is 1. The SMILES string of the molecule is CC(C)CC(CNC1CC1)c1ccc(Cl)cc1. The van der Waals surface area contributed by atoms with Crippen molar-refractivity contribution in [3.63, 3.8) is 0 Å². The standard InChI is InChI=1S/C15H22ClN/c1-11(2)9-13(10-17-15-7-8-15)12-3-5-14(16)6-4-12/h3-6,11,13,15,17H,7-10H2,1-2H3. The van der Waals surface area contributed by atoms with Gasteiger partial charge in [0.2, 0.25) is 0 Å². The van der Waals surface area contributed by atoms with Gasteiger partial charge in [0.15, 0.2) is 0 Å². The quantitative estimate of drug-likeness (QED) is 0.798. The largest absolute Gasteiger partial charge is 0.313 e. The van der Waals surface area contributed by atoms with Crippen LogP contribution >= 0.6 is 11.6 Å². The average molecular weight is 252 g/mol. The van der Waals surface area contributed by atoms with E-state index in [4.69, 9.17) is 11.6 Å². The normalized spacial score (nSPS) is 17.4. The van der Waals surface area contributed by atoms with E-state index in [0.29, 0.717) is 5.92 Å². The first-order valence-electron chi connectivity index (χ1n) is 6.64. The fraction of sp³-hybridized carbons (Fsp3) is 0.600. The van der Waals surface area contributed by atoms with Crippen LogP contribution in [-0.4, -0.2) is 12.6 Å². The zero-order valence-corrected chi connectivity index (χ0v) is 11.5. The van der Waals surface area contributed by atoms with E-state index in [-0.39, 0.29) is 0 Å². The molecule has 0 amide bonds. The Balaban J connectivity index is 1.99. The monoisotopic (exact) mass is 251 g/mol. The third-order valence-electron chi connectivity index (χ3n) is 3.33. The molecule has 2 rings (SSSR count). The molecule has 1 aliphatic rings. The topological polar surface area (TPSA) is 12.0 Å². The van der Waals surface area contributed by atoms with Crippen LogP contribution in [0.2, 0.25) is 5.02 Å². The summed E-state index contributed by atoms with van der Waals surface area (Å²) in [7, 11) is 0. The van der Waals surface area contributed by atoms with E-state index < -0.39 is 0 Å². The molecule has 1 aliphatic carbocycles. The molecule has 0 aromatic heterocycles. The molecule has 1 fully saturated rings. The minimum atomic E-state index is 0.618. The fourth-order valence-corrected chi connectivity index (χ4v) is 2.36. The zero-order valence-electron chi connectivity index (χ0n) is 10.7. The zero-order chi connectivity index (χ0) is 12.3. The molecule has 1 saturated carbocycles. The highest BCUT2D eigenvalue weighted by Gasteiger charge is 2.22. The third-order valence-corrected chi connectivity index (χ3v) is 3.58. The lowest BCUT2D eigenvalue weighted by Crippen LogP contribution is -2.24. The number of hydrogen-bond donors (Lipinski definition) is 1. The summed E-state index contributed by atoms with van der Waals surface area (Å²) in [4.78, 5) is 0. The predicted octanol–water partition coefficient (Wildman–Crippen LogP) is 4.22. The smallest absolute Gasteiger partial charge is 0.0406 e. The second-order valence-corrected chi connectivity index (χ2v) is 6.00. The van der Waals surface area contributed by atoms with Crippen LogP contribution in [0.4, 0.5) is 0 Å². The Bertz CT molecular complexity index is 340. The molecule has 1 nitrogen and oxygen atoms in total. The van der Waals surface area contributed by atoms with Crippen molar-refractivity contribution >= 4 is 11.6 Å². The van der Waals surface area contributed by atoms with Crippen molar-refractivity contribution in [3.05, 3.63) is 34.9 Å². The van der Waals surface area contributed by atoms with Gasteiger partial charge in [-0.3, -0.25) is 0 Å². The van der Waals surface area contributed by atoms with Gasteiger partial charge < -0.3 is 5.32 Å². The molecule has 1 aromatic carbocycles. The first-order chi connectivity index (χ1) is 8.15. The summed E-state index contributed by atoms with van der Waals surface area (Å²) >= 11 is 5.94. The Morgan fingerprint density at radius 1 is 1.24 bits per heavy atom. The number of benzene rings is 1. The Morgan fingerprint density at radius 3 is 2.41 bits per heavy atom. The van der Waals surface area contributed by atoms with Crippen LogP contribution in [0.25, 0.3) is 0 Å². The molecule has 17 heavy (non-hydrogen) atoms. The highest BCUT2D eigenvalue weighted by molar-refractivity contribution is 6.30. The van der Waals surface area contributed by atoms with Crippen molar-refractivity contribution in [2.75, 3.05) is 6.54 Å². The summed E-state index contributed by atoms with van der Waals surface area (Å²) in [6.07, 6.45) is 3.95. The highest BCUT2D eigenvalue weighted by Crippen LogP contribution is 2.26. The van der Waals surface area contributed by atoms with E-state index in [0.717, 1.165) is 23.5 Å². The maximum Gasteiger partial charge on any atom is 0.0406 e. The van der Waals surface area contributed by atoms with Crippen LogP contribution in [0, 0.1) is 5.92 Å². The van der Waals surface area contributed by atoms with Crippen molar-refractivity contribution in [2.45, 2.75) is 45.1 Å². The minimum Gasteiger partial charge on any atom is -0.313 e. The van der Waals surface area contributed by atoms with E-state index >= 15 is 0 Å². The summed E-state index contributed by atoms with van der Waals surface area (Å²) < 4.78 is 0. The molecule has 0 saturated heterocycles. The van der Waals surface area contributed by atoms with Crippen LogP contribution in [0.15, 0.2) is 24.3 Å². The second-order valence-electron chi connectivity index (χ2n) is 5.56. The Kier molecular flexibility index (Phi) is 4.47. The van der Waals surface area contributed by atoms with Crippen molar-refractivity contribution in [2.24, 2.45) is 5.92 Å². The average Bonchev–Trinajstić information content (AvgIpc) is 3.09. The van der Waals surface area contributed by atoms with Gasteiger partial charge in [-0.15, -0.1) is 0 Å². The van der Waals surface area contributed by atoms with Gasteiger partial charge in [-0.2, -0.15) is 0 Å². The molecule has 94 valence electrons. The van der Waals surface area contributed by atoms with Gasteiger partial charge in [0, 0.05) is 17.6 Å². The van der Waals surface area contributed by atoms with Gasteiger partial charge in [0.25, 0.3) is 0 Å². The van der Waals surface area contributed by atoms with Crippen LogP contribution in [0.1, 0.15) is 44.6 Å². The summed E-state index contributed by atoms with van der Waals surface area (Å²) in [6.45, 7) is 5.69. The molecule has 1 aromatic rings. The molecular formula is C15H22ClN. The summed E-state index contributed by atoms with van der Waals surface area (Å²) in [5.74, 6) is 1.35. The first-order valence-corrected chi connectivity index (χ1v) is 7.02. The molecule has 2 heteroatoms. The van der Waals surface area contributed by atoms with Gasteiger partial charge in [-0.25, -0.2) is 0 Å². The molecule has 0 heterocycles. The molecule has 1 N–H and O–H groups in total. The highest BCUT2D eigenvalue weighted by atomic mass is 35.5. The van der Waals surface area contributed by atoms with E-state index in [1.165, 1.54) is 24.8 Å². The van der Waals surface area contributed by atoms with E-state index in [9.17, 15) is 0 Å². The lowest BCUT2D eigenvalue weighted by atomic mass is 9.90. The maximum atomic E-state index is 5.94. The molecule has 0 radical (unpaired) electrons. The molecule has 0 bridgehead atoms. The summed E-state index contributed by atoms with van der Waals surface area (Å²) in [5.41, 5.74) is 1.41. The van der Waals surface area contributed by atoms with Crippen molar-refractivity contribution < 1.29 is 0 Å². The van der Waals surface area contributed by atoms with Gasteiger partial charge in [0.05, 0.1) is 0 Å². The van der Waals surface area contributed by atoms with Crippen LogP contribution in [0.5, 0.6) is 0 Å². The van der Waals surface area contributed by atoms with Crippen LogP contribution < -0.4 is 5.32 Å². The minimum absolute atomic E-state index is 0.618. The lowest BCUT2D eigenvalue weighted by molar-refractivity contribution is 0.469. The molecule has 0 aliphatic heterocycles. The summed E-state index contributed by atoms with van der Waals surface area (Å²) in [5, 5.41) is 4.47. The number of halogens is 1. The molecule has 0 spiro atoms. The number of nitrogens with one attached hydrogen (secondary N) is 1. The van der Waals surface area contributed by atoms with Crippen molar-refractivity contribution in [3.8, 4) is 0 Å². The first kappa shape index (κ1) is 12.9. The van der Waals surface area contributed by atoms with Crippen molar-refractivity contribution in [1.82, 2.24) is 5.32 Å². The Hall–Kier alpha value is -0.530. The van der Waals surface area contributed by atoms with Gasteiger partial charge in [0.1, 0.15) is 0 Å². The van der Waals surface area contributed by atoms with Gasteiger partial charge >= 0.3 is 0 Å². The van der Waals surface area contributed by atoms with Gasteiger partial charge in [-0.05, 0) is 48.8 Å². The lowest BCUT2D eigenvalue weighted by Gasteiger charge is -2.20. The van der Waals surface area contributed by atoms with Crippen LogP contribution in [0.3, 0.4) is 0 Å². The molecule has 1 atom stereocenters. The van der Waals surface area contributed by atoms with E-state index in [1.54, 1.807) is 0 Å². The molecular weight excluding hydrogens is 230 g/mol. The fourth-order valence-electron chi connectivity index (χ4n) is 2.24. The summed E-state index contributed by atoms with van der Waals surface area (Å²) in [6, 6.07) is 9.13. The second kappa shape index (κ2) is 5.88. The van der Waals surface area contributed by atoms with E-state index in [2.05, 4.69) is 31.3 Å². The Labute approximate surface area is 110 Å². The van der Waals surface area contributed by atoms with Crippen LogP contribution in [-0.2, 0) is 0 Å². The third kappa shape index (κ3) is 4.33. The van der Waals surface area contributed by atoms with Crippen molar-refractivity contribution in [1.29, 1.82) is 0 Å². The maximum absolute atomic E-state index is 5.94.